The molecule has 1 amide bonds. The highest BCUT2D eigenvalue weighted by molar-refractivity contribution is 9.10. The summed E-state index contributed by atoms with van der Waals surface area (Å²) >= 11 is 3.40. The molecule has 0 spiro atoms. The predicted octanol–water partition coefficient (Wildman–Crippen LogP) is 2.68. The number of anilines is 1. The Hall–Kier alpha value is -0.870. The Kier molecular flexibility index (Phi) is 4.10. The molecule has 1 rings (SSSR count). The smallest absolute Gasteiger partial charge is 0.231 e. The zero-order valence-electron chi connectivity index (χ0n) is 9.80. The highest BCUT2D eigenvalue weighted by Gasteiger charge is 2.26. The molecule has 3 nitrogen and oxygen atoms in total. The average Bonchev–Trinajstić information content (AvgIpc) is 2.23. The van der Waals surface area contributed by atoms with Crippen LogP contribution in [-0.4, -0.2) is 12.5 Å². The van der Waals surface area contributed by atoms with E-state index in [1.807, 2.05) is 39.0 Å². The Balaban J connectivity index is 2.89. The van der Waals surface area contributed by atoms with Crippen molar-refractivity contribution >= 4 is 27.5 Å². The van der Waals surface area contributed by atoms with Gasteiger partial charge in [-0.1, -0.05) is 6.07 Å². The molecule has 0 radical (unpaired) electrons. The zero-order chi connectivity index (χ0) is 12.3. The summed E-state index contributed by atoms with van der Waals surface area (Å²) in [5, 5.41) is 2.88. The normalized spacial score (nSPS) is 11.3. The largest absolute Gasteiger partial charge is 0.329 e. The zero-order valence-corrected chi connectivity index (χ0v) is 11.4. The Morgan fingerprint density at radius 1 is 1.50 bits per heavy atom. The Labute approximate surface area is 105 Å². The minimum atomic E-state index is -0.552. The first-order valence-corrected chi connectivity index (χ1v) is 5.94. The third-order valence-electron chi connectivity index (χ3n) is 2.50. The van der Waals surface area contributed by atoms with Crippen molar-refractivity contribution in [1.82, 2.24) is 0 Å². The first-order chi connectivity index (χ1) is 7.36. The molecule has 16 heavy (non-hydrogen) atoms. The molecular weight excluding hydrogens is 268 g/mol. The quantitative estimate of drug-likeness (QED) is 0.897. The summed E-state index contributed by atoms with van der Waals surface area (Å²) < 4.78 is 0.874. The topological polar surface area (TPSA) is 55.1 Å². The van der Waals surface area contributed by atoms with Crippen molar-refractivity contribution in [3.63, 3.8) is 0 Å². The van der Waals surface area contributed by atoms with Crippen molar-refractivity contribution in [1.29, 1.82) is 0 Å². The molecule has 0 aliphatic heterocycles. The third-order valence-corrected chi connectivity index (χ3v) is 3.19. The summed E-state index contributed by atoms with van der Waals surface area (Å²) in [6.07, 6.45) is 0. The summed E-state index contributed by atoms with van der Waals surface area (Å²) in [5.74, 6) is -0.0682. The van der Waals surface area contributed by atoms with Gasteiger partial charge in [-0.05, 0) is 54.4 Å². The fraction of sp³-hybridized carbons (Fsp3) is 0.417. The van der Waals surface area contributed by atoms with Crippen molar-refractivity contribution in [3.8, 4) is 0 Å². The molecular formula is C12H17BrN2O. The molecule has 0 aliphatic rings. The molecule has 1 aromatic carbocycles. The van der Waals surface area contributed by atoms with Crippen LogP contribution in [0.3, 0.4) is 0 Å². The van der Waals surface area contributed by atoms with Crippen LogP contribution in [0, 0.1) is 12.3 Å². The SMILES string of the molecule is Cc1ccc(Br)c(NC(=O)C(C)(C)CN)c1. The van der Waals surface area contributed by atoms with E-state index in [0.717, 1.165) is 15.7 Å². The standard InChI is InChI=1S/C12H17BrN2O/c1-8-4-5-9(13)10(6-8)15-11(16)12(2,3)7-14/h4-6H,7,14H2,1-3H3,(H,15,16). The van der Waals surface area contributed by atoms with E-state index in [-0.39, 0.29) is 5.91 Å². The number of hydrogen-bond donors (Lipinski definition) is 2. The number of carbonyl (C=O) groups excluding carboxylic acids is 1. The number of aryl methyl sites for hydroxylation is 1. The molecule has 0 atom stereocenters. The number of nitrogens with two attached hydrogens (primary N) is 1. The van der Waals surface area contributed by atoms with Gasteiger partial charge in [-0.2, -0.15) is 0 Å². The van der Waals surface area contributed by atoms with Crippen LogP contribution in [0.1, 0.15) is 19.4 Å². The number of halogens is 1. The molecule has 3 N–H and O–H groups in total. The number of amides is 1. The van der Waals surface area contributed by atoms with Gasteiger partial charge in [0.05, 0.1) is 11.1 Å². The average molecular weight is 285 g/mol. The van der Waals surface area contributed by atoms with Crippen molar-refractivity contribution in [2.75, 3.05) is 11.9 Å². The Bertz CT molecular complexity index is 402. The highest BCUT2D eigenvalue weighted by atomic mass is 79.9. The second kappa shape index (κ2) is 4.97. The number of carbonyl (C=O) groups is 1. The minimum Gasteiger partial charge on any atom is -0.329 e. The Morgan fingerprint density at radius 2 is 2.12 bits per heavy atom. The molecule has 4 heteroatoms. The van der Waals surface area contributed by atoms with Crippen molar-refractivity contribution in [2.45, 2.75) is 20.8 Å². The first kappa shape index (κ1) is 13.2. The maximum absolute atomic E-state index is 11.9. The number of nitrogens with one attached hydrogen (secondary N) is 1. The maximum Gasteiger partial charge on any atom is 0.231 e. The molecule has 0 fully saturated rings. The van der Waals surface area contributed by atoms with Gasteiger partial charge in [0.2, 0.25) is 5.91 Å². The van der Waals surface area contributed by atoms with Crippen LogP contribution in [-0.2, 0) is 4.79 Å². The van der Waals surface area contributed by atoms with Gasteiger partial charge in [-0.15, -0.1) is 0 Å². The molecule has 0 aromatic heterocycles. The molecule has 0 saturated carbocycles. The monoisotopic (exact) mass is 284 g/mol. The van der Waals surface area contributed by atoms with E-state index < -0.39 is 5.41 Å². The molecule has 88 valence electrons. The summed E-state index contributed by atoms with van der Waals surface area (Å²) in [6, 6.07) is 5.82. The van der Waals surface area contributed by atoms with Crippen LogP contribution in [0.5, 0.6) is 0 Å². The molecule has 0 unspecified atom stereocenters. The van der Waals surface area contributed by atoms with Crippen LogP contribution >= 0.6 is 15.9 Å². The van der Waals surface area contributed by atoms with E-state index in [9.17, 15) is 4.79 Å². The Morgan fingerprint density at radius 3 is 2.69 bits per heavy atom. The van der Waals surface area contributed by atoms with E-state index >= 15 is 0 Å². The lowest BCUT2D eigenvalue weighted by molar-refractivity contribution is -0.123. The third kappa shape index (κ3) is 3.06. The predicted molar refractivity (Wildman–Crippen MR) is 70.3 cm³/mol. The van der Waals surface area contributed by atoms with Gasteiger partial charge < -0.3 is 11.1 Å². The van der Waals surface area contributed by atoms with Gasteiger partial charge in [-0.3, -0.25) is 4.79 Å². The van der Waals surface area contributed by atoms with Gasteiger partial charge in [0.1, 0.15) is 0 Å². The number of benzene rings is 1. The van der Waals surface area contributed by atoms with E-state index in [0.29, 0.717) is 6.54 Å². The summed E-state index contributed by atoms with van der Waals surface area (Å²) in [7, 11) is 0. The van der Waals surface area contributed by atoms with Crippen LogP contribution in [0.25, 0.3) is 0 Å². The summed E-state index contributed by atoms with van der Waals surface area (Å²) in [6.45, 7) is 5.95. The van der Waals surface area contributed by atoms with E-state index in [1.54, 1.807) is 0 Å². The van der Waals surface area contributed by atoms with Gasteiger partial charge in [-0.25, -0.2) is 0 Å². The molecule has 0 heterocycles. The lowest BCUT2D eigenvalue weighted by Gasteiger charge is -2.21. The maximum atomic E-state index is 11.9. The van der Waals surface area contributed by atoms with E-state index in [4.69, 9.17) is 5.73 Å². The summed E-state index contributed by atoms with van der Waals surface area (Å²) in [5.41, 5.74) is 6.89. The van der Waals surface area contributed by atoms with Crippen LogP contribution in [0.4, 0.5) is 5.69 Å². The molecule has 0 aliphatic carbocycles. The van der Waals surface area contributed by atoms with Crippen molar-refractivity contribution in [3.05, 3.63) is 28.2 Å². The second-order valence-electron chi connectivity index (χ2n) is 4.53. The summed E-state index contributed by atoms with van der Waals surface area (Å²) in [4.78, 5) is 11.9. The number of rotatable bonds is 3. The van der Waals surface area contributed by atoms with Crippen LogP contribution in [0.15, 0.2) is 22.7 Å². The van der Waals surface area contributed by atoms with E-state index in [2.05, 4.69) is 21.2 Å². The lowest BCUT2D eigenvalue weighted by atomic mass is 9.92. The minimum absolute atomic E-state index is 0.0682. The van der Waals surface area contributed by atoms with Crippen molar-refractivity contribution < 1.29 is 4.79 Å². The van der Waals surface area contributed by atoms with Gasteiger partial charge >= 0.3 is 0 Å². The van der Waals surface area contributed by atoms with Crippen molar-refractivity contribution in [2.24, 2.45) is 11.1 Å². The first-order valence-electron chi connectivity index (χ1n) is 5.14. The second-order valence-corrected chi connectivity index (χ2v) is 5.38. The fourth-order valence-corrected chi connectivity index (χ4v) is 1.46. The van der Waals surface area contributed by atoms with Crippen LogP contribution < -0.4 is 11.1 Å². The molecule has 0 saturated heterocycles. The van der Waals surface area contributed by atoms with Gasteiger partial charge in [0.25, 0.3) is 0 Å². The van der Waals surface area contributed by atoms with E-state index in [1.165, 1.54) is 0 Å². The number of hydrogen-bond acceptors (Lipinski definition) is 2. The fourth-order valence-electron chi connectivity index (χ4n) is 1.12. The molecule has 1 aromatic rings. The highest BCUT2D eigenvalue weighted by Crippen LogP contribution is 2.25. The van der Waals surface area contributed by atoms with Gasteiger partial charge in [0.15, 0.2) is 0 Å². The lowest BCUT2D eigenvalue weighted by Crippen LogP contribution is -2.37. The van der Waals surface area contributed by atoms with Gasteiger partial charge in [0, 0.05) is 11.0 Å². The van der Waals surface area contributed by atoms with Crippen LogP contribution in [0.2, 0.25) is 0 Å². The molecule has 0 bridgehead atoms.